The second-order valence-corrected chi connectivity index (χ2v) is 8.84. The molecule has 180 valence electrons. The van der Waals surface area contributed by atoms with Crippen LogP contribution in [0.4, 0.5) is 10.5 Å². The number of aryl methyl sites for hydroxylation is 1. The van der Waals surface area contributed by atoms with E-state index in [1.54, 1.807) is 18.2 Å². The number of aromatic nitrogens is 1. The molecule has 5 rings (SSSR count). The summed E-state index contributed by atoms with van der Waals surface area (Å²) >= 11 is 0. The average Bonchev–Trinajstić information content (AvgIpc) is 3.43. The van der Waals surface area contributed by atoms with E-state index in [0.29, 0.717) is 11.1 Å². The minimum atomic E-state index is -0.893. The number of anilines is 1. The summed E-state index contributed by atoms with van der Waals surface area (Å²) in [5.41, 5.74) is 9.17. The van der Waals surface area contributed by atoms with Crippen LogP contribution in [0.5, 0.6) is 11.7 Å². The number of hydrogen-bond acceptors (Lipinski definition) is 7. The van der Waals surface area contributed by atoms with Gasteiger partial charge in [-0.05, 0) is 55.6 Å². The highest BCUT2D eigenvalue weighted by Gasteiger charge is 2.18. The van der Waals surface area contributed by atoms with Gasteiger partial charge in [0.15, 0.2) is 0 Å². The van der Waals surface area contributed by atoms with Gasteiger partial charge in [0.05, 0.1) is 5.56 Å². The maximum atomic E-state index is 10.9. The minimum absolute atomic E-state index is 0.0130. The first-order valence-electron chi connectivity index (χ1n) is 11.7. The molecule has 2 aromatic heterocycles. The lowest BCUT2D eigenvalue weighted by atomic mass is 10.0. The predicted octanol–water partition coefficient (Wildman–Crippen LogP) is 4.09. The first kappa shape index (κ1) is 22.6. The van der Waals surface area contributed by atoms with Crippen LogP contribution in [-0.4, -0.2) is 53.8 Å². The molecule has 0 aliphatic carbocycles. The highest BCUT2D eigenvalue weighted by molar-refractivity contribution is 5.86. The number of nitriles is 1. The molecular formula is C26H27N5O4. The fourth-order valence-electron chi connectivity index (χ4n) is 4.75. The molecule has 1 fully saturated rings. The molecule has 0 bridgehead atoms. The zero-order chi connectivity index (χ0) is 24.4. The van der Waals surface area contributed by atoms with Crippen LogP contribution in [0.1, 0.15) is 24.0 Å². The number of amides is 1. The van der Waals surface area contributed by atoms with Gasteiger partial charge in [0.2, 0.25) is 0 Å². The lowest BCUT2D eigenvalue weighted by Gasteiger charge is -2.36. The Balaban J connectivity index is 1.10. The maximum Gasteiger partial charge on any atom is 0.412 e. The number of benzene rings is 2. The van der Waals surface area contributed by atoms with Crippen LogP contribution in [0.25, 0.3) is 21.9 Å². The first-order valence-corrected chi connectivity index (χ1v) is 11.7. The van der Waals surface area contributed by atoms with E-state index in [1.165, 1.54) is 5.56 Å². The molecule has 0 unspecified atom stereocenters. The van der Waals surface area contributed by atoms with E-state index in [0.717, 1.165) is 74.0 Å². The van der Waals surface area contributed by atoms with Gasteiger partial charge < -0.3 is 29.9 Å². The van der Waals surface area contributed by atoms with Crippen molar-refractivity contribution in [2.45, 2.75) is 19.3 Å². The van der Waals surface area contributed by atoms with Crippen molar-refractivity contribution in [1.29, 1.82) is 5.26 Å². The summed E-state index contributed by atoms with van der Waals surface area (Å²) in [6.45, 7) is 4.93. The van der Waals surface area contributed by atoms with Crippen molar-refractivity contribution in [2.75, 3.05) is 37.6 Å². The summed E-state index contributed by atoms with van der Waals surface area (Å²) in [6, 6.07) is 13.1. The molecule has 0 radical (unpaired) electrons. The van der Waals surface area contributed by atoms with Gasteiger partial charge >= 0.3 is 6.09 Å². The molecule has 4 N–H and O–H groups in total. The molecule has 1 aliphatic rings. The van der Waals surface area contributed by atoms with Crippen molar-refractivity contribution in [3.8, 4) is 17.8 Å². The van der Waals surface area contributed by atoms with Crippen LogP contribution in [0.15, 0.2) is 47.0 Å². The fourth-order valence-corrected chi connectivity index (χ4v) is 4.75. The monoisotopic (exact) mass is 473 g/mol. The maximum absolute atomic E-state index is 10.9. The molecule has 0 spiro atoms. The largest absolute Gasteiger partial charge is 0.506 e. The Kier molecular flexibility index (Phi) is 6.21. The number of fused-ring (bicyclic) bond motifs is 2. The second-order valence-electron chi connectivity index (χ2n) is 8.84. The molecular weight excluding hydrogens is 446 g/mol. The summed E-state index contributed by atoms with van der Waals surface area (Å²) < 4.78 is 10.3. The Bertz CT molecular complexity index is 1410. The summed E-state index contributed by atoms with van der Waals surface area (Å²) in [6.07, 6.45) is 4.17. The van der Waals surface area contributed by atoms with E-state index < -0.39 is 6.09 Å². The number of phenols is 1. The highest BCUT2D eigenvalue weighted by atomic mass is 16.6. The summed E-state index contributed by atoms with van der Waals surface area (Å²) in [7, 11) is 0. The molecule has 2 aromatic carbocycles. The number of phenolic OH excluding ortho intramolecular Hbond substituents is 1. The molecule has 3 heterocycles. The van der Waals surface area contributed by atoms with Crippen LogP contribution in [0.2, 0.25) is 0 Å². The Morgan fingerprint density at radius 3 is 2.77 bits per heavy atom. The van der Waals surface area contributed by atoms with Crippen LogP contribution in [-0.2, 0) is 6.42 Å². The SMILES string of the molecule is N#Cc1cc2c(CCCCN3CCN(c4ccc5oc(OC(N)=O)cc5c4)CC3)c[nH]c2cc1O. The van der Waals surface area contributed by atoms with E-state index >= 15 is 0 Å². The van der Waals surface area contributed by atoms with Gasteiger partial charge in [-0.15, -0.1) is 0 Å². The quantitative estimate of drug-likeness (QED) is 0.344. The number of rotatable bonds is 7. The lowest BCUT2D eigenvalue weighted by Crippen LogP contribution is -2.46. The number of furan rings is 1. The number of unbranched alkanes of at least 4 members (excludes halogenated alkanes) is 1. The van der Waals surface area contributed by atoms with Crippen molar-refractivity contribution in [2.24, 2.45) is 5.73 Å². The van der Waals surface area contributed by atoms with Gasteiger partial charge in [0.1, 0.15) is 17.4 Å². The van der Waals surface area contributed by atoms with Gasteiger partial charge in [-0.2, -0.15) is 5.26 Å². The van der Waals surface area contributed by atoms with Crippen molar-refractivity contribution in [1.82, 2.24) is 9.88 Å². The number of carbonyl (C=O) groups is 1. The van der Waals surface area contributed by atoms with Crippen molar-refractivity contribution >= 4 is 33.7 Å². The number of aromatic amines is 1. The second kappa shape index (κ2) is 9.60. The molecule has 9 heteroatoms. The summed E-state index contributed by atoms with van der Waals surface area (Å²) in [5.74, 6) is 0.116. The number of nitrogens with one attached hydrogen (secondary N) is 1. The lowest BCUT2D eigenvalue weighted by molar-refractivity contribution is 0.199. The molecule has 35 heavy (non-hydrogen) atoms. The number of carbonyl (C=O) groups excluding carboxylic acids is 1. The number of nitrogens with zero attached hydrogens (tertiary/aromatic N) is 3. The topological polar surface area (TPSA) is 132 Å². The van der Waals surface area contributed by atoms with Crippen LogP contribution >= 0.6 is 0 Å². The number of primary amides is 1. The molecule has 1 saturated heterocycles. The first-order chi connectivity index (χ1) is 17.0. The molecule has 1 aliphatic heterocycles. The predicted molar refractivity (Wildman–Crippen MR) is 133 cm³/mol. The van der Waals surface area contributed by atoms with E-state index in [2.05, 4.69) is 14.8 Å². The molecule has 4 aromatic rings. The number of piperazine rings is 1. The number of ether oxygens (including phenoxy) is 1. The van der Waals surface area contributed by atoms with Crippen LogP contribution in [0, 0.1) is 11.3 Å². The van der Waals surface area contributed by atoms with Gasteiger partial charge in [-0.1, -0.05) is 0 Å². The van der Waals surface area contributed by atoms with E-state index in [-0.39, 0.29) is 11.7 Å². The summed E-state index contributed by atoms with van der Waals surface area (Å²) in [4.78, 5) is 19.0. The van der Waals surface area contributed by atoms with Crippen LogP contribution < -0.4 is 15.4 Å². The minimum Gasteiger partial charge on any atom is -0.506 e. The van der Waals surface area contributed by atoms with Crippen molar-refractivity contribution in [3.05, 3.63) is 53.7 Å². The third-order valence-electron chi connectivity index (χ3n) is 6.59. The van der Waals surface area contributed by atoms with Gasteiger partial charge in [0, 0.05) is 66.5 Å². The fraction of sp³-hybridized carbons (Fsp3) is 0.308. The number of hydrogen-bond donors (Lipinski definition) is 3. The van der Waals surface area contributed by atoms with Gasteiger partial charge in [-0.25, -0.2) is 4.79 Å². The van der Waals surface area contributed by atoms with Crippen LogP contribution in [0.3, 0.4) is 0 Å². The Morgan fingerprint density at radius 1 is 1.17 bits per heavy atom. The Morgan fingerprint density at radius 2 is 2.00 bits per heavy atom. The zero-order valence-corrected chi connectivity index (χ0v) is 19.3. The number of nitrogens with two attached hydrogens (primary N) is 1. The Labute approximate surface area is 202 Å². The third kappa shape index (κ3) is 4.88. The zero-order valence-electron chi connectivity index (χ0n) is 19.3. The van der Waals surface area contributed by atoms with Crippen molar-refractivity contribution in [3.63, 3.8) is 0 Å². The Hall–Kier alpha value is -4.16. The highest BCUT2D eigenvalue weighted by Crippen LogP contribution is 2.30. The van der Waals surface area contributed by atoms with Gasteiger partial charge in [0.25, 0.3) is 5.95 Å². The number of aromatic hydroxyl groups is 1. The van der Waals surface area contributed by atoms with E-state index in [1.807, 2.05) is 30.5 Å². The normalized spacial score (nSPS) is 14.4. The van der Waals surface area contributed by atoms with E-state index in [9.17, 15) is 15.2 Å². The number of H-pyrrole nitrogens is 1. The molecule has 1 amide bonds. The molecule has 9 nitrogen and oxygen atoms in total. The smallest absolute Gasteiger partial charge is 0.412 e. The molecule has 0 saturated carbocycles. The summed E-state index contributed by atoms with van der Waals surface area (Å²) in [5, 5.41) is 20.9. The average molecular weight is 474 g/mol. The van der Waals surface area contributed by atoms with Gasteiger partial charge in [-0.3, -0.25) is 4.90 Å². The third-order valence-corrected chi connectivity index (χ3v) is 6.59. The van der Waals surface area contributed by atoms with Crippen molar-refractivity contribution < 1.29 is 19.1 Å². The standard InChI is InChI=1S/C26H27N5O4/c27-15-19-12-21-17(16-29-22(21)14-23(19)32)3-1-2-6-30-7-9-31(10-8-30)20-4-5-24-18(11-20)13-25(34-24)35-26(28)33/h4-5,11-14,16,29,32H,1-3,6-10H2,(H2,28,33). The van der Waals surface area contributed by atoms with E-state index in [4.69, 9.17) is 14.9 Å². The molecule has 0 atom stereocenters.